The van der Waals surface area contributed by atoms with Crippen LogP contribution in [0.3, 0.4) is 0 Å². The fourth-order valence-corrected chi connectivity index (χ4v) is 2.43. The Hall–Kier alpha value is -2.05. The van der Waals surface area contributed by atoms with Crippen molar-refractivity contribution in [2.45, 2.75) is 0 Å². The first-order valence-corrected chi connectivity index (χ1v) is 6.45. The molecule has 0 radical (unpaired) electrons. The molecule has 2 aromatic rings. The number of nitrogens with two attached hydrogens (primary N) is 1. The molecule has 0 spiro atoms. The number of anilines is 1. The van der Waals surface area contributed by atoms with Crippen LogP contribution in [0.15, 0.2) is 41.6 Å². The predicted molar refractivity (Wildman–Crippen MR) is 76.2 cm³/mol. The standard InChI is InChI=1S/C12H10ClN3O2S/c13-10-6-5-9(19-10)12(17)15-8-4-2-1-3-7(8)11(14)16-18/h1-6,18H,(H2,14,16)(H,15,17). The number of para-hydroxylation sites is 1. The molecule has 1 heterocycles. The fraction of sp³-hybridized carbons (Fsp3) is 0. The molecule has 0 saturated heterocycles. The molecule has 0 atom stereocenters. The number of benzene rings is 1. The number of nitrogens with one attached hydrogen (secondary N) is 1. The molecule has 0 aliphatic carbocycles. The number of halogens is 1. The van der Waals surface area contributed by atoms with E-state index in [2.05, 4.69) is 10.5 Å². The number of oxime groups is 1. The van der Waals surface area contributed by atoms with Gasteiger partial charge in [-0.3, -0.25) is 4.79 Å². The number of carbonyl (C=O) groups excluding carboxylic acids is 1. The smallest absolute Gasteiger partial charge is 0.265 e. The van der Waals surface area contributed by atoms with Crippen molar-refractivity contribution in [3.8, 4) is 0 Å². The van der Waals surface area contributed by atoms with Gasteiger partial charge >= 0.3 is 0 Å². The maximum Gasteiger partial charge on any atom is 0.265 e. The van der Waals surface area contributed by atoms with E-state index in [1.165, 1.54) is 11.3 Å². The van der Waals surface area contributed by atoms with Gasteiger partial charge in [0.05, 0.1) is 14.9 Å². The van der Waals surface area contributed by atoms with Crippen LogP contribution in [0.2, 0.25) is 4.34 Å². The third kappa shape index (κ3) is 3.04. The van der Waals surface area contributed by atoms with E-state index in [1.807, 2.05) is 0 Å². The summed E-state index contributed by atoms with van der Waals surface area (Å²) in [6.45, 7) is 0. The second kappa shape index (κ2) is 5.73. The topological polar surface area (TPSA) is 87.7 Å². The van der Waals surface area contributed by atoms with Gasteiger partial charge in [-0.1, -0.05) is 28.9 Å². The minimum atomic E-state index is -0.296. The number of thiophene rings is 1. The minimum Gasteiger partial charge on any atom is -0.409 e. The lowest BCUT2D eigenvalue weighted by Gasteiger charge is -2.08. The number of rotatable bonds is 3. The van der Waals surface area contributed by atoms with E-state index < -0.39 is 0 Å². The Morgan fingerprint density at radius 2 is 2.05 bits per heavy atom. The quantitative estimate of drug-likeness (QED) is 0.352. The normalized spacial score (nSPS) is 11.3. The van der Waals surface area contributed by atoms with Gasteiger partial charge in [0.15, 0.2) is 5.84 Å². The highest BCUT2D eigenvalue weighted by molar-refractivity contribution is 7.18. The van der Waals surface area contributed by atoms with Gasteiger partial charge in [0, 0.05) is 5.56 Å². The maximum absolute atomic E-state index is 12.0. The Balaban J connectivity index is 2.27. The highest BCUT2D eigenvalue weighted by atomic mass is 35.5. The van der Waals surface area contributed by atoms with Crippen molar-refractivity contribution < 1.29 is 10.0 Å². The van der Waals surface area contributed by atoms with Crippen LogP contribution in [0, 0.1) is 0 Å². The maximum atomic E-state index is 12.0. The van der Waals surface area contributed by atoms with Crippen molar-refractivity contribution in [3.63, 3.8) is 0 Å². The zero-order valence-corrected chi connectivity index (χ0v) is 11.2. The van der Waals surface area contributed by atoms with E-state index in [9.17, 15) is 4.79 Å². The summed E-state index contributed by atoms with van der Waals surface area (Å²) in [6, 6.07) is 10.1. The van der Waals surface area contributed by atoms with E-state index in [0.717, 1.165) is 0 Å². The van der Waals surface area contributed by atoms with Crippen LogP contribution in [-0.4, -0.2) is 17.0 Å². The molecule has 4 N–H and O–H groups in total. The third-order valence-electron chi connectivity index (χ3n) is 2.36. The first-order chi connectivity index (χ1) is 9.11. The Kier molecular flexibility index (Phi) is 4.03. The highest BCUT2D eigenvalue weighted by Crippen LogP contribution is 2.23. The molecule has 0 fully saturated rings. The minimum absolute atomic E-state index is 0.0693. The SMILES string of the molecule is N/C(=N/O)c1ccccc1NC(=O)c1ccc(Cl)s1. The molecule has 2 rings (SSSR count). The van der Waals surface area contributed by atoms with Crippen molar-refractivity contribution in [2.75, 3.05) is 5.32 Å². The molecule has 0 unspecified atom stereocenters. The van der Waals surface area contributed by atoms with E-state index in [1.54, 1.807) is 36.4 Å². The van der Waals surface area contributed by atoms with Gasteiger partial charge in [-0.05, 0) is 24.3 Å². The summed E-state index contributed by atoms with van der Waals surface area (Å²) in [6.07, 6.45) is 0. The number of carbonyl (C=O) groups is 1. The van der Waals surface area contributed by atoms with E-state index in [4.69, 9.17) is 22.5 Å². The first kappa shape index (κ1) is 13.4. The van der Waals surface area contributed by atoms with Crippen LogP contribution in [0.25, 0.3) is 0 Å². The predicted octanol–water partition coefficient (Wildman–Crippen LogP) is 2.75. The summed E-state index contributed by atoms with van der Waals surface area (Å²) in [7, 11) is 0. The second-order valence-electron chi connectivity index (χ2n) is 3.59. The number of hydrogen-bond donors (Lipinski definition) is 3. The third-order valence-corrected chi connectivity index (χ3v) is 3.59. The molecule has 19 heavy (non-hydrogen) atoms. The average molecular weight is 296 g/mol. The first-order valence-electron chi connectivity index (χ1n) is 5.25. The number of hydrogen-bond acceptors (Lipinski definition) is 4. The van der Waals surface area contributed by atoms with E-state index >= 15 is 0 Å². The van der Waals surface area contributed by atoms with Gasteiger partial charge in [-0.25, -0.2) is 0 Å². The summed E-state index contributed by atoms with van der Waals surface area (Å²) in [5.74, 6) is -0.366. The van der Waals surface area contributed by atoms with Crippen molar-refractivity contribution >= 4 is 40.4 Å². The largest absolute Gasteiger partial charge is 0.409 e. The van der Waals surface area contributed by atoms with Crippen LogP contribution < -0.4 is 11.1 Å². The van der Waals surface area contributed by atoms with Gasteiger partial charge < -0.3 is 16.3 Å². The lowest BCUT2D eigenvalue weighted by atomic mass is 10.1. The Labute approximate surface area is 118 Å². The summed E-state index contributed by atoms with van der Waals surface area (Å²) < 4.78 is 0.537. The number of amides is 1. The van der Waals surface area contributed by atoms with Crippen molar-refractivity contribution in [1.29, 1.82) is 0 Å². The van der Waals surface area contributed by atoms with Crippen LogP contribution in [-0.2, 0) is 0 Å². The zero-order chi connectivity index (χ0) is 13.8. The van der Waals surface area contributed by atoms with Gasteiger partial charge in [0.1, 0.15) is 0 Å². The lowest BCUT2D eigenvalue weighted by molar-refractivity contribution is 0.103. The van der Waals surface area contributed by atoms with Gasteiger partial charge in [0.2, 0.25) is 0 Å². The molecule has 5 nitrogen and oxygen atoms in total. The molecular formula is C12H10ClN3O2S. The van der Waals surface area contributed by atoms with Gasteiger partial charge in [-0.15, -0.1) is 11.3 Å². The van der Waals surface area contributed by atoms with E-state index in [0.29, 0.717) is 20.5 Å². The van der Waals surface area contributed by atoms with Crippen LogP contribution in [0.5, 0.6) is 0 Å². The monoisotopic (exact) mass is 295 g/mol. The molecule has 0 aliphatic rings. The fourth-order valence-electron chi connectivity index (χ4n) is 1.49. The number of nitrogens with zero attached hydrogens (tertiary/aromatic N) is 1. The van der Waals surface area contributed by atoms with Crippen LogP contribution in [0.1, 0.15) is 15.2 Å². The average Bonchev–Trinajstić information content (AvgIpc) is 2.85. The molecule has 1 aromatic heterocycles. The molecule has 0 saturated carbocycles. The zero-order valence-electron chi connectivity index (χ0n) is 9.63. The molecular weight excluding hydrogens is 286 g/mol. The highest BCUT2D eigenvalue weighted by Gasteiger charge is 2.12. The molecule has 98 valence electrons. The van der Waals surface area contributed by atoms with Gasteiger partial charge in [-0.2, -0.15) is 0 Å². The van der Waals surface area contributed by atoms with Crippen molar-refractivity contribution in [1.82, 2.24) is 0 Å². The molecule has 7 heteroatoms. The molecule has 1 aromatic carbocycles. The molecule has 0 bridgehead atoms. The second-order valence-corrected chi connectivity index (χ2v) is 5.30. The van der Waals surface area contributed by atoms with Crippen LogP contribution in [0.4, 0.5) is 5.69 Å². The number of amidine groups is 1. The Bertz CT molecular complexity index is 639. The van der Waals surface area contributed by atoms with Crippen molar-refractivity contribution in [2.24, 2.45) is 10.9 Å². The summed E-state index contributed by atoms with van der Waals surface area (Å²) in [4.78, 5) is 12.5. The van der Waals surface area contributed by atoms with E-state index in [-0.39, 0.29) is 11.7 Å². The van der Waals surface area contributed by atoms with Gasteiger partial charge in [0.25, 0.3) is 5.91 Å². The summed E-state index contributed by atoms with van der Waals surface area (Å²) >= 11 is 6.96. The summed E-state index contributed by atoms with van der Waals surface area (Å²) in [5, 5.41) is 14.3. The molecule has 0 aliphatic heterocycles. The molecule has 1 amide bonds. The lowest BCUT2D eigenvalue weighted by Crippen LogP contribution is -2.18. The Morgan fingerprint density at radius 1 is 1.32 bits per heavy atom. The van der Waals surface area contributed by atoms with Crippen LogP contribution >= 0.6 is 22.9 Å². The van der Waals surface area contributed by atoms with Crippen molar-refractivity contribution in [3.05, 3.63) is 51.2 Å². The Morgan fingerprint density at radius 3 is 2.68 bits per heavy atom. The summed E-state index contributed by atoms with van der Waals surface area (Å²) in [5.41, 5.74) is 6.45.